The number of nitrogens with one attached hydrogen (secondary N) is 3. The van der Waals surface area contributed by atoms with Crippen molar-refractivity contribution in [1.29, 1.82) is 0 Å². The number of ether oxygens (including phenoxy) is 2. The average Bonchev–Trinajstić information content (AvgIpc) is 4.15. The first-order valence-corrected chi connectivity index (χ1v) is 23.2. The molecule has 3 aliphatic heterocycles. The van der Waals surface area contributed by atoms with Gasteiger partial charge in [0.1, 0.15) is 17.5 Å². The third-order valence-electron chi connectivity index (χ3n) is 11.2. The lowest BCUT2D eigenvalue weighted by atomic mass is 10.1. The van der Waals surface area contributed by atoms with Gasteiger partial charge in [-0.3, -0.25) is 29.0 Å². The van der Waals surface area contributed by atoms with Crippen molar-refractivity contribution < 1.29 is 33.5 Å². The van der Waals surface area contributed by atoms with Crippen molar-refractivity contribution in [2.45, 2.75) is 114 Å². The summed E-state index contributed by atoms with van der Waals surface area (Å²) in [7, 11) is 1.43. The van der Waals surface area contributed by atoms with E-state index in [-0.39, 0.29) is 39.1 Å². The van der Waals surface area contributed by atoms with Crippen LogP contribution in [0.2, 0.25) is 0 Å². The Bertz CT molecular complexity index is 2500. The highest BCUT2D eigenvalue weighted by Gasteiger charge is 2.31. The standard InChI is InChI=1S/C19H24N4O3.C16H21N5O2.C15H22N2O2.2CH4/c1-5-22(17(24)21-11-9-20-13-21)15-7-6-14-8-10-23(16(14)12-15)18(25)26-19(2,3)4;1-3-21(16(22)19-23-2)14-5-4-12-6-7-20(15(12)8-14)10-13-9-17-11-18-13;1-5-16-12-7-6-11-8-9-17(13(11)10-12)14(18)19-15(2,3)4;;/h6-7,9,11-13H,5,8,10H2,1-4H3;4-5,8-9,11H,3,6-7,10H2,1-2H3,(H,17,18)(H,19,22);6-7,10,16H,5,8-9H2,1-4H3;2*1H4. The van der Waals surface area contributed by atoms with Gasteiger partial charge in [-0.05, 0) is 135 Å². The van der Waals surface area contributed by atoms with Crippen LogP contribution in [0, 0.1) is 0 Å². The molecule has 70 heavy (non-hydrogen) atoms. The maximum Gasteiger partial charge on any atom is 0.414 e. The summed E-state index contributed by atoms with van der Waals surface area (Å²) in [4.78, 5) is 74.3. The molecule has 380 valence electrons. The number of hydrogen-bond acceptors (Lipinski definition) is 11. The molecule has 0 fully saturated rings. The Labute approximate surface area is 414 Å². The maximum absolute atomic E-state index is 12.7. The summed E-state index contributed by atoms with van der Waals surface area (Å²) >= 11 is 0. The quantitative estimate of drug-likeness (QED) is 0.120. The highest BCUT2D eigenvalue weighted by Crippen LogP contribution is 2.36. The first-order valence-electron chi connectivity index (χ1n) is 23.2. The van der Waals surface area contributed by atoms with Crippen molar-refractivity contribution in [2.75, 3.05) is 76.2 Å². The van der Waals surface area contributed by atoms with E-state index in [9.17, 15) is 19.2 Å². The van der Waals surface area contributed by atoms with E-state index in [1.807, 2.05) is 91.9 Å². The fraction of sp³-hybridized carbons (Fsp3) is 0.462. The van der Waals surface area contributed by atoms with E-state index in [2.05, 4.69) is 61.8 Å². The monoisotopic (exact) mass is 966 g/mol. The number of rotatable bonds is 9. The lowest BCUT2D eigenvalue weighted by Crippen LogP contribution is -2.39. The van der Waals surface area contributed by atoms with E-state index in [1.54, 1.807) is 38.3 Å². The van der Waals surface area contributed by atoms with E-state index in [1.165, 1.54) is 34.8 Å². The first kappa shape index (κ1) is 55.5. The van der Waals surface area contributed by atoms with Crippen LogP contribution in [-0.4, -0.2) is 101 Å². The van der Waals surface area contributed by atoms with Gasteiger partial charge in [0.15, 0.2) is 0 Å². The average molecular weight is 966 g/mol. The fourth-order valence-electron chi connectivity index (χ4n) is 8.11. The molecule has 0 atom stereocenters. The van der Waals surface area contributed by atoms with Gasteiger partial charge in [0.05, 0.1) is 37.1 Å². The summed E-state index contributed by atoms with van der Waals surface area (Å²) in [5.41, 5.74) is 11.6. The predicted octanol–water partition coefficient (Wildman–Crippen LogP) is 10.4. The molecule has 0 saturated heterocycles. The zero-order chi connectivity index (χ0) is 49.2. The lowest BCUT2D eigenvalue weighted by molar-refractivity contribution is 0.0573. The number of nitrogens with zero attached hydrogens (tertiary/aromatic N) is 8. The van der Waals surface area contributed by atoms with Crippen LogP contribution in [0.1, 0.15) is 99.6 Å². The van der Waals surface area contributed by atoms with Crippen LogP contribution in [0.5, 0.6) is 0 Å². The van der Waals surface area contributed by atoms with Crippen LogP contribution >= 0.6 is 0 Å². The van der Waals surface area contributed by atoms with E-state index in [0.717, 1.165) is 78.6 Å². The summed E-state index contributed by atoms with van der Waals surface area (Å²) in [5, 5.41) is 3.27. The third kappa shape index (κ3) is 14.0. The van der Waals surface area contributed by atoms with E-state index < -0.39 is 11.2 Å². The molecular formula is C52H75N11O7. The van der Waals surface area contributed by atoms with Crippen molar-refractivity contribution in [3.05, 3.63) is 108 Å². The number of benzene rings is 3. The summed E-state index contributed by atoms with van der Waals surface area (Å²) < 4.78 is 12.4. The van der Waals surface area contributed by atoms with Crippen LogP contribution in [-0.2, 0) is 40.1 Å². The van der Waals surface area contributed by atoms with Gasteiger partial charge in [-0.25, -0.2) is 34.6 Å². The number of carbonyl (C=O) groups is 4. The molecule has 0 radical (unpaired) electrons. The van der Waals surface area contributed by atoms with Crippen LogP contribution in [0.25, 0.3) is 0 Å². The number of aromatic nitrogens is 4. The first-order chi connectivity index (χ1) is 32.4. The number of aromatic amines is 1. The minimum absolute atomic E-state index is 0. The molecule has 0 aliphatic carbocycles. The number of H-pyrrole nitrogens is 1. The second kappa shape index (κ2) is 24.5. The van der Waals surface area contributed by atoms with Crippen molar-refractivity contribution in [3.63, 3.8) is 0 Å². The van der Waals surface area contributed by atoms with E-state index in [0.29, 0.717) is 26.2 Å². The molecule has 0 bridgehead atoms. The molecule has 18 heteroatoms. The number of amides is 5. The van der Waals surface area contributed by atoms with Crippen LogP contribution < -0.4 is 35.3 Å². The van der Waals surface area contributed by atoms with Crippen LogP contribution in [0.4, 0.5) is 53.3 Å². The van der Waals surface area contributed by atoms with Gasteiger partial charge in [0.2, 0.25) is 0 Å². The third-order valence-corrected chi connectivity index (χ3v) is 11.2. The van der Waals surface area contributed by atoms with Crippen molar-refractivity contribution in [1.82, 2.24) is 25.0 Å². The summed E-state index contributed by atoms with van der Waals surface area (Å²) in [6.07, 6.45) is 10.2. The Kier molecular flexibility index (Phi) is 19.4. The maximum atomic E-state index is 12.7. The Morgan fingerprint density at radius 1 is 0.714 bits per heavy atom. The summed E-state index contributed by atoms with van der Waals surface area (Å²) in [5.74, 6) is 0. The molecule has 2 aromatic heterocycles. The van der Waals surface area contributed by atoms with Gasteiger partial charge in [-0.2, -0.15) is 0 Å². The van der Waals surface area contributed by atoms with E-state index in [4.69, 9.17) is 14.3 Å². The SMILES string of the molecule is C.C.CCN(C(=O)NOC)c1ccc2c(c1)N(Cc1cnc[nH]1)CC2.CCN(C(=O)n1ccnc1)c1ccc2c(c1)N(C(=O)OC(C)(C)C)CC2.CCNc1ccc2c(c1)N(C(=O)OC(C)(C)C)CC2. The number of carbonyl (C=O) groups excluding carboxylic acids is 4. The molecule has 18 nitrogen and oxygen atoms in total. The minimum atomic E-state index is -0.551. The molecule has 0 saturated carbocycles. The minimum Gasteiger partial charge on any atom is -0.443 e. The van der Waals surface area contributed by atoms with E-state index >= 15 is 0 Å². The Morgan fingerprint density at radius 2 is 1.26 bits per heavy atom. The lowest BCUT2D eigenvalue weighted by Gasteiger charge is -2.26. The number of fused-ring (bicyclic) bond motifs is 3. The van der Waals surface area contributed by atoms with Crippen molar-refractivity contribution in [2.24, 2.45) is 0 Å². The van der Waals surface area contributed by atoms with Gasteiger partial charge in [-0.15, -0.1) is 0 Å². The van der Waals surface area contributed by atoms with Crippen molar-refractivity contribution in [3.8, 4) is 0 Å². The highest BCUT2D eigenvalue weighted by atomic mass is 16.6. The number of urea groups is 1. The number of anilines is 6. The Hall–Kier alpha value is -7.08. The van der Waals surface area contributed by atoms with Gasteiger partial charge in [0.25, 0.3) is 0 Å². The molecule has 5 heterocycles. The molecule has 3 aliphatic rings. The Balaban J connectivity index is 0.000000228. The molecule has 5 aromatic rings. The summed E-state index contributed by atoms with van der Waals surface area (Å²) in [6, 6.07) is 17.6. The van der Waals surface area contributed by atoms with Crippen LogP contribution in [0.15, 0.2) is 85.8 Å². The van der Waals surface area contributed by atoms with Gasteiger partial charge in [0, 0.05) is 80.6 Å². The number of imidazole rings is 2. The molecule has 0 spiro atoms. The molecule has 3 N–H and O–H groups in total. The van der Waals surface area contributed by atoms with Gasteiger partial charge >= 0.3 is 24.2 Å². The topological polar surface area (TPSA) is 183 Å². The molecule has 3 aromatic carbocycles. The van der Waals surface area contributed by atoms with Crippen LogP contribution in [0.3, 0.4) is 0 Å². The highest BCUT2D eigenvalue weighted by molar-refractivity contribution is 5.97. The zero-order valence-electron chi connectivity index (χ0n) is 41.1. The van der Waals surface area contributed by atoms with Crippen molar-refractivity contribution >= 4 is 58.4 Å². The molecule has 5 amide bonds. The Morgan fingerprint density at radius 3 is 1.77 bits per heavy atom. The molecular weight excluding hydrogens is 891 g/mol. The molecule has 8 rings (SSSR count). The summed E-state index contributed by atoms with van der Waals surface area (Å²) in [6.45, 7) is 22.1. The zero-order valence-corrected chi connectivity index (χ0v) is 41.1. The fourth-order valence-corrected chi connectivity index (χ4v) is 8.11. The number of hydrogen-bond donors (Lipinski definition) is 3. The molecule has 0 unspecified atom stereocenters. The second-order valence-corrected chi connectivity index (χ2v) is 18.4. The number of hydroxylamine groups is 1. The van der Waals surface area contributed by atoms with Gasteiger partial charge < -0.3 is 24.7 Å². The predicted molar refractivity (Wildman–Crippen MR) is 279 cm³/mol. The second-order valence-electron chi connectivity index (χ2n) is 18.4. The largest absolute Gasteiger partial charge is 0.443 e. The smallest absolute Gasteiger partial charge is 0.414 e. The van der Waals surface area contributed by atoms with Gasteiger partial charge in [-0.1, -0.05) is 33.1 Å². The normalized spacial score (nSPS) is 13.1.